The third kappa shape index (κ3) is 3.21. The number of fused-ring (bicyclic) bond motifs is 1. The number of likely N-dealkylation sites (tertiary alicyclic amines) is 1. The van der Waals surface area contributed by atoms with Gasteiger partial charge in [-0.3, -0.25) is 4.79 Å². The fourth-order valence-corrected chi connectivity index (χ4v) is 3.54. The van der Waals surface area contributed by atoms with E-state index in [2.05, 4.69) is 0 Å². The minimum atomic E-state index is -0.186. The van der Waals surface area contributed by atoms with Crippen molar-refractivity contribution >= 4 is 5.91 Å². The molecule has 2 aliphatic heterocycles. The molecule has 5 heteroatoms. The van der Waals surface area contributed by atoms with Crippen LogP contribution in [-0.4, -0.2) is 55.4 Å². The van der Waals surface area contributed by atoms with Crippen molar-refractivity contribution in [3.05, 3.63) is 29.3 Å². The molecular formula is C18H25NO4. The SMILES string of the molecule is Cc1ccc(OCC(=O)N2C[C@@H]3COCC[C@]3(CO)C2)cc1C. The first-order valence-electron chi connectivity index (χ1n) is 8.20. The molecule has 0 bridgehead atoms. The van der Waals surface area contributed by atoms with E-state index in [9.17, 15) is 9.90 Å². The van der Waals surface area contributed by atoms with Crippen LogP contribution in [0, 0.1) is 25.2 Å². The largest absolute Gasteiger partial charge is 0.484 e. The van der Waals surface area contributed by atoms with Gasteiger partial charge in [0.1, 0.15) is 5.75 Å². The van der Waals surface area contributed by atoms with E-state index in [1.807, 2.05) is 36.9 Å². The number of carbonyl (C=O) groups excluding carboxylic acids is 1. The van der Waals surface area contributed by atoms with Crippen molar-refractivity contribution in [3.8, 4) is 5.75 Å². The fourth-order valence-electron chi connectivity index (χ4n) is 3.54. The highest BCUT2D eigenvalue weighted by Crippen LogP contribution is 2.41. The Balaban J connectivity index is 1.59. The van der Waals surface area contributed by atoms with Gasteiger partial charge in [0.15, 0.2) is 6.61 Å². The number of aryl methyl sites for hydroxylation is 2. The zero-order valence-corrected chi connectivity index (χ0v) is 13.9. The molecule has 2 aliphatic rings. The number of amides is 1. The quantitative estimate of drug-likeness (QED) is 0.914. The first-order valence-corrected chi connectivity index (χ1v) is 8.20. The highest BCUT2D eigenvalue weighted by atomic mass is 16.5. The van der Waals surface area contributed by atoms with E-state index < -0.39 is 0 Å². The summed E-state index contributed by atoms with van der Waals surface area (Å²) in [6, 6.07) is 5.84. The summed E-state index contributed by atoms with van der Waals surface area (Å²) in [7, 11) is 0. The molecule has 1 aromatic rings. The number of benzene rings is 1. The minimum absolute atomic E-state index is 0.0227. The van der Waals surface area contributed by atoms with E-state index in [1.54, 1.807) is 0 Å². The molecule has 23 heavy (non-hydrogen) atoms. The van der Waals surface area contributed by atoms with Crippen molar-refractivity contribution in [3.63, 3.8) is 0 Å². The zero-order valence-electron chi connectivity index (χ0n) is 13.9. The number of rotatable bonds is 4. The maximum Gasteiger partial charge on any atom is 0.260 e. The average Bonchev–Trinajstić information content (AvgIpc) is 2.96. The third-order valence-corrected chi connectivity index (χ3v) is 5.38. The second-order valence-electron chi connectivity index (χ2n) is 6.85. The Morgan fingerprint density at radius 2 is 2.26 bits per heavy atom. The van der Waals surface area contributed by atoms with Gasteiger partial charge in [0.25, 0.3) is 5.91 Å². The van der Waals surface area contributed by atoms with Crippen molar-refractivity contribution in [2.24, 2.45) is 11.3 Å². The van der Waals surface area contributed by atoms with Gasteiger partial charge in [0.2, 0.25) is 0 Å². The summed E-state index contributed by atoms with van der Waals surface area (Å²) in [5.41, 5.74) is 2.17. The Hall–Kier alpha value is -1.59. The number of hydrogen-bond donors (Lipinski definition) is 1. The molecule has 2 saturated heterocycles. The minimum Gasteiger partial charge on any atom is -0.484 e. The second kappa shape index (κ2) is 6.49. The maximum atomic E-state index is 12.5. The van der Waals surface area contributed by atoms with Crippen LogP contribution in [0.25, 0.3) is 0 Å². The van der Waals surface area contributed by atoms with Crippen LogP contribution in [0.2, 0.25) is 0 Å². The van der Waals surface area contributed by atoms with Crippen LogP contribution in [0.5, 0.6) is 5.75 Å². The molecule has 2 atom stereocenters. The third-order valence-electron chi connectivity index (χ3n) is 5.38. The van der Waals surface area contributed by atoms with Gasteiger partial charge in [-0.25, -0.2) is 0 Å². The van der Waals surface area contributed by atoms with Crippen molar-refractivity contribution in [1.29, 1.82) is 0 Å². The normalized spacial score (nSPS) is 26.9. The first kappa shape index (κ1) is 16.3. The Morgan fingerprint density at radius 1 is 1.43 bits per heavy atom. The summed E-state index contributed by atoms with van der Waals surface area (Å²) in [5.74, 6) is 0.926. The molecule has 0 aliphatic carbocycles. The first-order chi connectivity index (χ1) is 11.0. The summed E-state index contributed by atoms with van der Waals surface area (Å²) >= 11 is 0. The van der Waals surface area contributed by atoms with Crippen LogP contribution in [0.15, 0.2) is 18.2 Å². The van der Waals surface area contributed by atoms with E-state index in [0.717, 1.165) is 17.7 Å². The van der Waals surface area contributed by atoms with Crippen molar-refractivity contribution in [2.75, 3.05) is 39.5 Å². The topological polar surface area (TPSA) is 59.0 Å². The molecule has 0 aromatic heterocycles. The lowest BCUT2D eigenvalue weighted by molar-refractivity contribution is -0.132. The van der Waals surface area contributed by atoms with Gasteiger partial charge in [-0.15, -0.1) is 0 Å². The highest BCUT2D eigenvalue weighted by molar-refractivity contribution is 5.78. The van der Waals surface area contributed by atoms with Crippen LogP contribution >= 0.6 is 0 Å². The summed E-state index contributed by atoms with van der Waals surface area (Å²) in [6.45, 7) is 6.77. The lowest BCUT2D eigenvalue weighted by Gasteiger charge is -2.36. The number of aliphatic hydroxyl groups is 1. The number of hydrogen-bond acceptors (Lipinski definition) is 4. The van der Waals surface area contributed by atoms with Gasteiger partial charge in [0, 0.05) is 31.0 Å². The zero-order chi connectivity index (χ0) is 16.4. The Bertz CT molecular complexity index is 588. The van der Waals surface area contributed by atoms with E-state index in [-0.39, 0.29) is 30.5 Å². The molecule has 0 saturated carbocycles. The molecule has 1 N–H and O–H groups in total. The predicted octanol–water partition coefficient (Wildman–Crippen LogP) is 1.54. The molecule has 1 amide bonds. The smallest absolute Gasteiger partial charge is 0.260 e. The van der Waals surface area contributed by atoms with Crippen LogP contribution in [0.1, 0.15) is 17.5 Å². The molecule has 2 fully saturated rings. The molecule has 0 spiro atoms. The molecule has 5 nitrogen and oxygen atoms in total. The van der Waals surface area contributed by atoms with Crippen LogP contribution in [0.4, 0.5) is 0 Å². The lowest BCUT2D eigenvalue weighted by atomic mass is 9.75. The summed E-state index contributed by atoms with van der Waals surface area (Å²) < 4.78 is 11.2. The number of nitrogens with zero attached hydrogens (tertiary/aromatic N) is 1. The predicted molar refractivity (Wildman–Crippen MR) is 86.4 cm³/mol. The number of carbonyl (C=O) groups is 1. The maximum absolute atomic E-state index is 12.5. The molecule has 2 heterocycles. The van der Waals surface area contributed by atoms with Crippen LogP contribution in [0.3, 0.4) is 0 Å². The Kier molecular flexibility index (Phi) is 4.60. The molecular weight excluding hydrogens is 294 g/mol. The van der Waals surface area contributed by atoms with E-state index in [1.165, 1.54) is 5.56 Å². The van der Waals surface area contributed by atoms with Crippen molar-refractivity contribution in [1.82, 2.24) is 4.90 Å². The average molecular weight is 319 g/mol. The highest BCUT2D eigenvalue weighted by Gasteiger charge is 2.49. The number of aliphatic hydroxyl groups excluding tert-OH is 1. The number of ether oxygens (including phenoxy) is 2. The Labute approximate surface area is 137 Å². The van der Waals surface area contributed by atoms with E-state index >= 15 is 0 Å². The van der Waals surface area contributed by atoms with Gasteiger partial charge < -0.3 is 19.5 Å². The molecule has 126 valence electrons. The molecule has 3 rings (SSSR count). The van der Waals surface area contributed by atoms with Gasteiger partial charge in [0.05, 0.1) is 13.2 Å². The van der Waals surface area contributed by atoms with Crippen LogP contribution in [-0.2, 0) is 9.53 Å². The van der Waals surface area contributed by atoms with Gasteiger partial charge >= 0.3 is 0 Å². The van der Waals surface area contributed by atoms with Crippen LogP contribution < -0.4 is 4.74 Å². The standard InChI is InChI=1S/C18H25NO4/c1-13-3-4-16(7-14(13)2)23-10-17(21)19-8-15-9-22-6-5-18(15,11-19)12-20/h3-4,7,15,20H,5-6,8-12H2,1-2H3/t15-,18-/m1/s1. The summed E-state index contributed by atoms with van der Waals surface area (Å²) in [5, 5.41) is 9.79. The molecule has 0 unspecified atom stereocenters. The van der Waals surface area contributed by atoms with Crippen molar-refractivity contribution < 1.29 is 19.4 Å². The van der Waals surface area contributed by atoms with E-state index in [4.69, 9.17) is 9.47 Å². The fraction of sp³-hybridized carbons (Fsp3) is 0.611. The molecule has 1 aromatic carbocycles. The molecule has 0 radical (unpaired) electrons. The van der Waals surface area contributed by atoms with E-state index in [0.29, 0.717) is 26.3 Å². The van der Waals surface area contributed by atoms with Gasteiger partial charge in [-0.1, -0.05) is 6.07 Å². The lowest BCUT2D eigenvalue weighted by Crippen LogP contribution is -2.41. The summed E-state index contributed by atoms with van der Waals surface area (Å²) in [6.07, 6.45) is 0.815. The summed E-state index contributed by atoms with van der Waals surface area (Å²) in [4.78, 5) is 14.3. The van der Waals surface area contributed by atoms with Crippen molar-refractivity contribution in [2.45, 2.75) is 20.3 Å². The van der Waals surface area contributed by atoms with Gasteiger partial charge in [-0.2, -0.15) is 0 Å². The second-order valence-corrected chi connectivity index (χ2v) is 6.85. The monoisotopic (exact) mass is 319 g/mol. The van der Waals surface area contributed by atoms with Gasteiger partial charge in [-0.05, 0) is 43.5 Å². The Morgan fingerprint density at radius 3 is 2.96 bits per heavy atom.